The van der Waals surface area contributed by atoms with Crippen LogP contribution in [-0.4, -0.2) is 26.9 Å². The molecular weight excluding hydrogens is 427 g/mol. The van der Waals surface area contributed by atoms with Gasteiger partial charge in [0.2, 0.25) is 5.88 Å². The summed E-state index contributed by atoms with van der Waals surface area (Å²) in [6.07, 6.45) is -3.55. The largest absolute Gasteiger partial charge is 0.480 e. The Hall–Kier alpha value is -3.65. The molecule has 0 saturated heterocycles. The van der Waals surface area contributed by atoms with E-state index < -0.39 is 23.4 Å². The Morgan fingerprint density at radius 3 is 2.70 bits per heavy atom. The Morgan fingerprint density at radius 1 is 1.27 bits per heavy atom. The van der Waals surface area contributed by atoms with Crippen LogP contribution < -0.4 is 15.0 Å². The van der Waals surface area contributed by atoms with Crippen molar-refractivity contribution < 1.29 is 22.6 Å². The van der Waals surface area contributed by atoms with Gasteiger partial charge in [-0.3, -0.25) is 9.36 Å². The summed E-state index contributed by atoms with van der Waals surface area (Å²) in [4.78, 5) is 15.9. The fourth-order valence-electron chi connectivity index (χ4n) is 2.45. The van der Waals surface area contributed by atoms with E-state index in [1.807, 2.05) is 6.07 Å². The van der Waals surface area contributed by atoms with E-state index in [9.17, 15) is 18.0 Å². The number of nitriles is 1. The molecule has 2 aromatic heterocycles. The zero-order valence-corrected chi connectivity index (χ0v) is 15.9. The molecule has 0 aliphatic heterocycles. The molecule has 0 N–H and O–H groups in total. The minimum Gasteiger partial charge on any atom is -0.480 e. The highest BCUT2D eigenvalue weighted by Crippen LogP contribution is 2.30. The summed E-state index contributed by atoms with van der Waals surface area (Å²) < 4.78 is 50.9. The van der Waals surface area contributed by atoms with Crippen LogP contribution in [0.4, 0.5) is 13.2 Å². The molecule has 2 heterocycles. The smallest absolute Gasteiger partial charge is 0.433 e. The molecule has 154 valence electrons. The van der Waals surface area contributed by atoms with Crippen LogP contribution in [0.5, 0.6) is 17.6 Å². The summed E-state index contributed by atoms with van der Waals surface area (Å²) in [5.74, 6) is 0.00335. The number of benzene rings is 1. The first-order chi connectivity index (χ1) is 14.2. The fourth-order valence-corrected chi connectivity index (χ4v) is 2.68. The van der Waals surface area contributed by atoms with Crippen molar-refractivity contribution >= 4 is 11.6 Å². The number of rotatable bonds is 5. The number of methoxy groups -OCH3 is 1. The molecule has 0 radical (unpaired) electrons. The molecule has 0 spiro atoms. The number of aromatic nitrogens is 4. The molecule has 0 aliphatic carbocycles. The van der Waals surface area contributed by atoms with Gasteiger partial charge in [0, 0.05) is 16.7 Å². The average molecular weight is 438 g/mol. The van der Waals surface area contributed by atoms with Crippen LogP contribution in [-0.2, 0) is 12.7 Å². The van der Waals surface area contributed by atoms with Crippen molar-refractivity contribution in [2.24, 2.45) is 0 Å². The first kappa shape index (κ1) is 21.1. The lowest BCUT2D eigenvalue weighted by molar-refractivity contribution is -0.141. The Morgan fingerprint density at radius 2 is 2.03 bits per heavy atom. The van der Waals surface area contributed by atoms with Gasteiger partial charge in [-0.05, 0) is 24.3 Å². The van der Waals surface area contributed by atoms with Crippen molar-refractivity contribution in [1.29, 1.82) is 5.26 Å². The topological polar surface area (TPSA) is 103 Å². The van der Waals surface area contributed by atoms with E-state index in [2.05, 4.69) is 15.2 Å². The van der Waals surface area contributed by atoms with Crippen LogP contribution in [0.15, 0.2) is 41.3 Å². The lowest BCUT2D eigenvalue weighted by Crippen LogP contribution is -2.26. The van der Waals surface area contributed by atoms with Gasteiger partial charge in [0.25, 0.3) is 5.56 Å². The van der Waals surface area contributed by atoms with Crippen molar-refractivity contribution in [1.82, 2.24) is 19.7 Å². The van der Waals surface area contributed by atoms with Gasteiger partial charge in [0.1, 0.15) is 5.75 Å². The molecule has 12 heteroatoms. The summed E-state index contributed by atoms with van der Waals surface area (Å²) in [5, 5.41) is 16.5. The first-order valence-corrected chi connectivity index (χ1v) is 8.51. The van der Waals surface area contributed by atoms with Gasteiger partial charge in [0.05, 0.1) is 31.5 Å². The molecule has 1 aromatic carbocycles. The van der Waals surface area contributed by atoms with Gasteiger partial charge in [-0.25, -0.2) is 0 Å². The Bertz CT molecular complexity index is 1190. The van der Waals surface area contributed by atoms with Crippen LogP contribution in [0.2, 0.25) is 5.02 Å². The van der Waals surface area contributed by atoms with E-state index in [4.69, 9.17) is 26.3 Å². The molecule has 0 saturated carbocycles. The zero-order valence-electron chi connectivity index (χ0n) is 15.1. The molecular formula is C18H11ClF3N5O3. The Kier molecular flexibility index (Phi) is 5.89. The standard InChI is InChI=1S/C18H11ClF3N5O3/c1-29-16-11(2-3-24-26-16)9-27-15(28)7-14(18(20,21)22)25-17(27)30-13-5-10(8-23)4-12(19)6-13/h2-7H,9H2,1H3. The van der Waals surface area contributed by atoms with Crippen LogP contribution in [0.1, 0.15) is 16.8 Å². The quantitative estimate of drug-likeness (QED) is 0.602. The molecule has 3 rings (SSSR count). The molecule has 0 fully saturated rings. The van der Waals surface area contributed by atoms with E-state index in [1.165, 1.54) is 37.6 Å². The minimum absolute atomic E-state index is 0.0705. The minimum atomic E-state index is -4.88. The number of hydrogen-bond acceptors (Lipinski definition) is 7. The maximum absolute atomic E-state index is 13.2. The summed E-state index contributed by atoms with van der Waals surface area (Å²) in [6.45, 7) is -0.260. The van der Waals surface area contributed by atoms with Crippen LogP contribution >= 0.6 is 11.6 Å². The van der Waals surface area contributed by atoms with Crippen molar-refractivity contribution in [2.75, 3.05) is 7.11 Å². The normalized spacial score (nSPS) is 11.1. The Labute approximate surface area is 172 Å². The van der Waals surface area contributed by atoms with Crippen molar-refractivity contribution in [3.8, 4) is 23.7 Å². The molecule has 0 aliphatic rings. The SMILES string of the molecule is COc1nnccc1Cn1c(Oc2cc(Cl)cc(C#N)c2)nc(C(F)(F)F)cc1=O. The third-order valence-corrected chi connectivity index (χ3v) is 3.98. The second-order valence-electron chi connectivity index (χ2n) is 5.80. The van der Waals surface area contributed by atoms with E-state index in [-0.39, 0.29) is 28.8 Å². The monoisotopic (exact) mass is 437 g/mol. The van der Waals surface area contributed by atoms with Crippen LogP contribution in [0, 0.1) is 11.3 Å². The fraction of sp³-hybridized carbons (Fsp3) is 0.167. The Balaban J connectivity index is 2.13. The van der Waals surface area contributed by atoms with Gasteiger partial charge in [-0.2, -0.15) is 28.5 Å². The second kappa shape index (κ2) is 8.38. The molecule has 0 bridgehead atoms. The average Bonchev–Trinajstić information content (AvgIpc) is 2.69. The van der Waals surface area contributed by atoms with Gasteiger partial charge in [0.15, 0.2) is 5.69 Å². The van der Waals surface area contributed by atoms with Crippen LogP contribution in [0.3, 0.4) is 0 Å². The molecule has 0 unspecified atom stereocenters. The van der Waals surface area contributed by atoms with Gasteiger partial charge >= 0.3 is 12.2 Å². The van der Waals surface area contributed by atoms with E-state index >= 15 is 0 Å². The second-order valence-corrected chi connectivity index (χ2v) is 6.24. The number of nitrogens with zero attached hydrogens (tertiary/aromatic N) is 5. The summed E-state index contributed by atoms with van der Waals surface area (Å²) in [7, 11) is 1.33. The highest BCUT2D eigenvalue weighted by atomic mass is 35.5. The lowest BCUT2D eigenvalue weighted by atomic mass is 10.2. The number of ether oxygens (including phenoxy) is 2. The first-order valence-electron chi connectivity index (χ1n) is 8.13. The lowest BCUT2D eigenvalue weighted by Gasteiger charge is -2.15. The van der Waals surface area contributed by atoms with Gasteiger partial charge in [-0.15, -0.1) is 5.10 Å². The summed E-state index contributed by atoms with van der Waals surface area (Å²) in [5.41, 5.74) is -1.99. The molecule has 0 atom stereocenters. The number of alkyl halides is 3. The van der Waals surface area contributed by atoms with Crippen molar-refractivity contribution in [3.63, 3.8) is 0 Å². The third kappa shape index (κ3) is 4.66. The summed E-state index contributed by atoms with van der Waals surface area (Å²) in [6, 6.07) is 6.89. The van der Waals surface area contributed by atoms with Crippen LogP contribution in [0.25, 0.3) is 0 Å². The van der Waals surface area contributed by atoms with E-state index in [0.29, 0.717) is 11.6 Å². The number of hydrogen-bond donors (Lipinski definition) is 0. The summed E-state index contributed by atoms with van der Waals surface area (Å²) >= 11 is 5.91. The van der Waals surface area contributed by atoms with Gasteiger partial charge < -0.3 is 9.47 Å². The highest BCUT2D eigenvalue weighted by Gasteiger charge is 2.34. The van der Waals surface area contributed by atoms with Crippen molar-refractivity contribution in [2.45, 2.75) is 12.7 Å². The van der Waals surface area contributed by atoms with E-state index in [1.54, 1.807) is 0 Å². The van der Waals surface area contributed by atoms with Crippen molar-refractivity contribution in [3.05, 3.63) is 68.7 Å². The third-order valence-electron chi connectivity index (χ3n) is 3.76. The molecule has 8 nitrogen and oxygen atoms in total. The molecule has 3 aromatic rings. The predicted octanol–water partition coefficient (Wildman–Crippen LogP) is 3.43. The predicted molar refractivity (Wildman–Crippen MR) is 97.4 cm³/mol. The zero-order chi connectivity index (χ0) is 21.9. The number of halogens is 4. The molecule has 30 heavy (non-hydrogen) atoms. The maximum atomic E-state index is 13.2. The highest BCUT2D eigenvalue weighted by molar-refractivity contribution is 6.30. The van der Waals surface area contributed by atoms with Gasteiger partial charge in [-0.1, -0.05) is 11.6 Å². The molecule has 0 amide bonds. The maximum Gasteiger partial charge on any atom is 0.433 e. The van der Waals surface area contributed by atoms with E-state index in [0.717, 1.165) is 4.57 Å².